The standard InChI is InChI=1S/C9H15N/c1-2-4-8-5-3-6-9(10)7-8/h3,5,7,9H,2,4,6,10H2,1H3. The topological polar surface area (TPSA) is 26.0 Å². The van der Waals surface area contributed by atoms with Crippen molar-refractivity contribution in [2.75, 3.05) is 0 Å². The Morgan fingerprint density at radius 2 is 2.50 bits per heavy atom. The summed E-state index contributed by atoms with van der Waals surface area (Å²) in [6, 6.07) is 0.270. The molecule has 1 unspecified atom stereocenters. The van der Waals surface area contributed by atoms with Crippen molar-refractivity contribution in [2.45, 2.75) is 32.2 Å². The largest absolute Gasteiger partial charge is 0.324 e. The Hall–Kier alpha value is -0.560. The highest BCUT2D eigenvalue weighted by Crippen LogP contribution is 2.13. The molecule has 1 aliphatic rings. The third kappa shape index (κ3) is 1.99. The van der Waals surface area contributed by atoms with Crippen LogP contribution in [0.2, 0.25) is 0 Å². The van der Waals surface area contributed by atoms with Gasteiger partial charge in [-0.1, -0.05) is 37.1 Å². The molecule has 2 N–H and O–H groups in total. The predicted molar refractivity (Wildman–Crippen MR) is 44.7 cm³/mol. The van der Waals surface area contributed by atoms with Gasteiger partial charge in [0.2, 0.25) is 0 Å². The van der Waals surface area contributed by atoms with Gasteiger partial charge in [0.15, 0.2) is 0 Å². The molecular weight excluding hydrogens is 122 g/mol. The molecule has 0 radical (unpaired) electrons. The number of hydrogen-bond acceptors (Lipinski definition) is 1. The normalized spacial score (nSPS) is 24.6. The van der Waals surface area contributed by atoms with Crippen LogP contribution in [0.5, 0.6) is 0 Å². The zero-order valence-electron chi connectivity index (χ0n) is 6.51. The van der Waals surface area contributed by atoms with Crippen molar-refractivity contribution in [2.24, 2.45) is 5.73 Å². The van der Waals surface area contributed by atoms with E-state index in [1.165, 1.54) is 18.4 Å². The van der Waals surface area contributed by atoms with Crippen molar-refractivity contribution in [3.63, 3.8) is 0 Å². The molecule has 1 heteroatoms. The van der Waals surface area contributed by atoms with Crippen LogP contribution in [-0.2, 0) is 0 Å². The number of allylic oxidation sites excluding steroid dienone is 2. The monoisotopic (exact) mass is 137 g/mol. The molecule has 0 fully saturated rings. The van der Waals surface area contributed by atoms with Gasteiger partial charge in [-0.05, 0) is 12.8 Å². The number of nitrogens with two attached hydrogens (primary N) is 1. The second-order valence-corrected chi connectivity index (χ2v) is 2.79. The second-order valence-electron chi connectivity index (χ2n) is 2.79. The van der Waals surface area contributed by atoms with Gasteiger partial charge in [0.1, 0.15) is 0 Å². The Bertz CT molecular complexity index is 156. The van der Waals surface area contributed by atoms with Crippen molar-refractivity contribution < 1.29 is 0 Å². The molecule has 0 spiro atoms. The van der Waals surface area contributed by atoms with Crippen molar-refractivity contribution in [3.8, 4) is 0 Å². The lowest BCUT2D eigenvalue weighted by Crippen LogP contribution is -2.17. The molecule has 10 heavy (non-hydrogen) atoms. The molecule has 0 bridgehead atoms. The van der Waals surface area contributed by atoms with Crippen LogP contribution in [0.25, 0.3) is 0 Å². The highest BCUT2D eigenvalue weighted by Gasteiger charge is 2.02. The molecule has 1 atom stereocenters. The van der Waals surface area contributed by atoms with Crippen molar-refractivity contribution in [1.29, 1.82) is 0 Å². The van der Waals surface area contributed by atoms with E-state index >= 15 is 0 Å². The lowest BCUT2D eigenvalue weighted by Gasteiger charge is -2.10. The van der Waals surface area contributed by atoms with E-state index in [-0.39, 0.29) is 6.04 Å². The molecule has 0 aromatic heterocycles. The fraction of sp³-hybridized carbons (Fsp3) is 0.556. The molecule has 0 aliphatic heterocycles. The number of hydrogen-bond donors (Lipinski definition) is 1. The maximum absolute atomic E-state index is 5.73. The van der Waals surface area contributed by atoms with Gasteiger partial charge in [-0.2, -0.15) is 0 Å². The first-order chi connectivity index (χ1) is 4.83. The summed E-state index contributed by atoms with van der Waals surface area (Å²) in [4.78, 5) is 0. The minimum absolute atomic E-state index is 0.270. The summed E-state index contributed by atoms with van der Waals surface area (Å²) in [5.41, 5.74) is 7.13. The van der Waals surface area contributed by atoms with Gasteiger partial charge < -0.3 is 5.73 Å². The van der Waals surface area contributed by atoms with Crippen LogP contribution in [0, 0.1) is 0 Å². The minimum Gasteiger partial charge on any atom is -0.324 e. The summed E-state index contributed by atoms with van der Waals surface area (Å²) >= 11 is 0. The van der Waals surface area contributed by atoms with E-state index < -0.39 is 0 Å². The van der Waals surface area contributed by atoms with Crippen LogP contribution in [0.4, 0.5) is 0 Å². The quantitative estimate of drug-likeness (QED) is 0.619. The van der Waals surface area contributed by atoms with Crippen LogP contribution in [0.1, 0.15) is 26.2 Å². The van der Waals surface area contributed by atoms with Crippen molar-refractivity contribution >= 4 is 0 Å². The van der Waals surface area contributed by atoms with Crippen LogP contribution in [0.15, 0.2) is 23.8 Å². The van der Waals surface area contributed by atoms with Crippen molar-refractivity contribution in [3.05, 3.63) is 23.8 Å². The van der Waals surface area contributed by atoms with E-state index in [1.54, 1.807) is 0 Å². The van der Waals surface area contributed by atoms with Gasteiger partial charge in [-0.25, -0.2) is 0 Å². The van der Waals surface area contributed by atoms with E-state index in [1.807, 2.05) is 0 Å². The maximum Gasteiger partial charge on any atom is 0.0264 e. The highest BCUT2D eigenvalue weighted by atomic mass is 14.6. The Kier molecular flexibility index (Phi) is 2.69. The Morgan fingerprint density at radius 3 is 3.10 bits per heavy atom. The van der Waals surface area contributed by atoms with E-state index in [9.17, 15) is 0 Å². The Balaban J connectivity index is 2.49. The summed E-state index contributed by atoms with van der Waals surface area (Å²) in [7, 11) is 0. The van der Waals surface area contributed by atoms with Gasteiger partial charge in [-0.3, -0.25) is 0 Å². The summed E-state index contributed by atoms with van der Waals surface area (Å²) < 4.78 is 0. The van der Waals surface area contributed by atoms with Gasteiger partial charge in [0.25, 0.3) is 0 Å². The summed E-state index contributed by atoms with van der Waals surface area (Å²) in [5, 5.41) is 0. The molecule has 1 aliphatic carbocycles. The molecule has 1 nitrogen and oxygen atoms in total. The fourth-order valence-electron chi connectivity index (χ4n) is 1.23. The van der Waals surface area contributed by atoms with Gasteiger partial charge >= 0.3 is 0 Å². The van der Waals surface area contributed by atoms with Gasteiger partial charge in [0, 0.05) is 6.04 Å². The first-order valence-electron chi connectivity index (χ1n) is 3.95. The summed E-state index contributed by atoms with van der Waals surface area (Å²) in [5.74, 6) is 0. The second kappa shape index (κ2) is 3.57. The average Bonchev–Trinajstić information content (AvgIpc) is 1.88. The van der Waals surface area contributed by atoms with Gasteiger partial charge in [0.05, 0.1) is 0 Å². The predicted octanol–water partition coefficient (Wildman–Crippen LogP) is 2.00. The lowest BCUT2D eigenvalue weighted by atomic mass is 10.0. The Labute approximate surface area is 62.6 Å². The zero-order valence-corrected chi connectivity index (χ0v) is 6.51. The summed E-state index contributed by atoms with van der Waals surface area (Å²) in [6.07, 6.45) is 9.91. The third-order valence-corrected chi connectivity index (χ3v) is 1.71. The van der Waals surface area contributed by atoms with E-state index in [4.69, 9.17) is 5.73 Å². The first-order valence-corrected chi connectivity index (χ1v) is 3.95. The average molecular weight is 137 g/mol. The van der Waals surface area contributed by atoms with Crippen LogP contribution < -0.4 is 5.73 Å². The smallest absolute Gasteiger partial charge is 0.0264 e. The highest BCUT2D eigenvalue weighted by molar-refractivity contribution is 5.25. The van der Waals surface area contributed by atoms with Gasteiger partial charge in [-0.15, -0.1) is 0 Å². The van der Waals surface area contributed by atoms with Crippen LogP contribution >= 0.6 is 0 Å². The third-order valence-electron chi connectivity index (χ3n) is 1.71. The fourth-order valence-corrected chi connectivity index (χ4v) is 1.23. The summed E-state index contributed by atoms with van der Waals surface area (Å²) in [6.45, 7) is 2.19. The lowest BCUT2D eigenvalue weighted by molar-refractivity contribution is 0.796. The van der Waals surface area contributed by atoms with Crippen LogP contribution in [0.3, 0.4) is 0 Å². The number of rotatable bonds is 2. The molecule has 56 valence electrons. The molecule has 0 aromatic rings. The van der Waals surface area contributed by atoms with Crippen molar-refractivity contribution in [1.82, 2.24) is 0 Å². The van der Waals surface area contributed by atoms with E-state index in [2.05, 4.69) is 25.2 Å². The SMILES string of the molecule is CCCC1=CC(N)CC=C1. The molecule has 1 rings (SSSR count). The molecule has 0 heterocycles. The molecule has 0 saturated heterocycles. The molecular formula is C9H15N. The minimum atomic E-state index is 0.270. The van der Waals surface area contributed by atoms with E-state index in [0.717, 1.165) is 6.42 Å². The van der Waals surface area contributed by atoms with Crippen LogP contribution in [-0.4, -0.2) is 6.04 Å². The molecule has 0 amide bonds. The molecule has 0 saturated carbocycles. The van der Waals surface area contributed by atoms with E-state index in [0.29, 0.717) is 0 Å². The maximum atomic E-state index is 5.73. The Morgan fingerprint density at radius 1 is 1.70 bits per heavy atom. The zero-order chi connectivity index (χ0) is 7.40. The molecule has 0 aromatic carbocycles. The first kappa shape index (κ1) is 7.55.